The molecule has 26 heavy (non-hydrogen) atoms. The molecule has 0 spiro atoms. The third kappa shape index (κ3) is 3.49. The minimum absolute atomic E-state index is 0.251. The number of nitrogens with zero attached hydrogens (tertiary/aromatic N) is 4. The zero-order valence-corrected chi connectivity index (χ0v) is 16.4. The van der Waals surface area contributed by atoms with Crippen molar-refractivity contribution in [3.05, 3.63) is 48.0 Å². The molecule has 0 radical (unpaired) electrons. The number of hydrogen-bond donors (Lipinski definition) is 0. The molecule has 5 heteroatoms. The highest BCUT2D eigenvalue weighted by Crippen LogP contribution is 2.29. The number of piperidine rings is 1. The summed E-state index contributed by atoms with van der Waals surface area (Å²) in [5, 5.41) is 7.39. The van der Waals surface area contributed by atoms with Crippen molar-refractivity contribution in [1.29, 1.82) is 0 Å². The quantitative estimate of drug-likeness (QED) is 0.584. The van der Waals surface area contributed by atoms with E-state index >= 15 is 0 Å². The number of hydrogen-bond acceptors (Lipinski definition) is 3. The summed E-state index contributed by atoms with van der Waals surface area (Å²) in [6.45, 7) is 9.14. The maximum absolute atomic E-state index is 6.03. The zero-order valence-electron chi connectivity index (χ0n) is 15.6. The lowest BCUT2D eigenvalue weighted by atomic mass is 9.98. The van der Waals surface area contributed by atoms with Gasteiger partial charge in [-0.15, -0.1) is 0 Å². The van der Waals surface area contributed by atoms with Gasteiger partial charge in [-0.2, -0.15) is 5.10 Å². The molecule has 0 saturated carbocycles. The molecule has 4 rings (SSSR count). The SMILES string of the molecule is CC(C)(C)N1CCC(n2cc(-c3ccc4cnc(Cl)cc4c3)cn2)CC1. The molecule has 3 heterocycles. The lowest BCUT2D eigenvalue weighted by molar-refractivity contribution is 0.0870. The van der Waals surface area contributed by atoms with Crippen LogP contribution in [0.1, 0.15) is 39.7 Å². The maximum Gasteiger partial charge on any atom is 0.129 e. The smallest absolute Gasteiger partial charge is 0.129 e. The molecule has 0 unspecified atom stereocenters. The molecule has 1 aliphatic rings. The molecule has 1 saturated heterocycles. The van der Waals surface area contributed by atoms with Crippen LogP contribution in [0.5, 0.6) is 0 Å². The summed E-state index contributed by atoms with van der Waals surface area (Å²) >= 11 is 6.03. The van der Waals surface area contributed by atoms with Crippen LogP contribution in [0.4, 0.5) is 0 Å². The van der Waals surface area contributed by atoms with Gasteiger partial charge >= 0.3 is 0 Å². The second-order valence-corrected chi connectivity index (χ2v) is 8.55. The Hall–Kier alpha value is -1.91. The van der Waals surface area contributed by atoms with E-state index in [2.05, 4.69) is 64.8 Å². The zero-order chi connectivity index (χ0) is 18.3. The first kappa shape index (κ1) is 17.5. The lowest BCUT2D eigenvalue weighted by Gasteiger charge is -2.40. The van der Waals surface area contributed by atoms with Gasteiger partial charge < -0.3 is 0 Å². The van der Waals surface area contributed by atoms with Crippen LogP contribution in [0.25, 0.3) is 21.9 Å². The molecule has 0 amide bonds. The predicted octanol–water partition coefficient (Wildman–Crippen LogP) is 5.19. The summed E-state index contributed by atoms with van der Waals surface area (Å²) in [5.74, 6) is 0. The van der Waals surface area contributed by atoms with Crippen LogP contribution in [0.15, 0.2) is 42.9 Å². The molecular weight excluding hydrogens is 344 g/mol. The van der Waals surface area contributed by atoms with Gasteiger partial charge in [0.2, 0.25) is 0 Å². The van der Waals surface area contributed by atoms with Crippen molar-refractivity contribution >= 4 is 22.4 Å². The van der Waals surface area contributed by atoms with Crippen LogP contribution in [-0.4, -0.2) is 38.3 Å². The molecule has 0 aliphatic carbocycles. The van der Waals surface area contributed by atoms with Gasteiger partial charge in [0.15, 0.2) is 0 Å². The third-order valence-electron chi connectivity index (χ3n) is 5.41. The van der Waals surface area contributed by atoms with Gasteiger partial charge in [-0.05, 0) is 56.7 Å². The average Bonchev–Trinajstić information content (AvgIpc) is 3.10. The first-order chi connectivity index (χ1) is 12.4. The van der Waals surface area contributed by atoms with E-state index in [-0.39, 0.29) is 5.54 Å². The second kappa shape index (κ2) is 6.67. The molecule has 1 aliphatic heterocycles. The normalized spacial score (nSPS) is 17.1. The van der Waals surface area contributed by atoms with Gasteiger partial charge in [-0.1, -0.05) is 23.7 Å². The fourth-order valence-electron chi connectivity index (χ4n) is 3.78. The van der Waals surface area contributed by atoms with E-state index in [1.807, 2.05) is 18.5 Å². The topological polar surface area (TPSA) is 34.0 Å². The van der Waals surface area contributed by atoms with E-state index in [0.29, 0.717) is 11.2 Å². The van der Waals surface area contributed by atoms with E-state index in [4.69, 9.17) is 11.6 Å². The Morgan fingerprint density at radius 2 is 1.77 bits per heavy atom. The van der Waals surface area contributed by atoms with Gasteiger partial charge in [0.1, 0.15) is 5.15 Å². The maximum atomic E-state index is 6.03. The number of pyridine rings is 1. The molecule has 0 N–H and O–H groups in total. The fourth-order valence-corrected chi connectivity index (χ4v) is 3.95. The monoisotopic (exact) mass is 368 g/mol. The molecule has 2 aromatic heterocycles. The number of halogens is 1. The largest absolute Gasteiger partial charge is 0.298 e. The van der Waals surface area contributed by atoms with Crippen molar-refractivity contribution in [1.82, 2.24) is 19.7 Å². The average molecular weight is 369 g/mol. The number of benzene rings is 1. The molecular formula is C21H25ClN4. The Balaban J connectivity index is 1.53. The first-order valence-corrected chi connectivity index (χ1v) is 9.63. The van der Waals surface area contributed by atoms with Gasteiger partial charge in [0, 0.05) is 42.0 Å². The van der Waals surface area contributed by atoms with Gasteiger partial charge in [0.25, 0.3) is 0 Å². The highest BCUT2D eigenvalue weighted by atomic mass is 35.5. The molecule has 136 valence electrons. The summed E-state index contributed by atoms with van der Waals surface area (Å²) in [6.07, 6.45) is 8.27. The highest BCUT2D eigenvalue weighted by Gasteiger charge is 2.27. The van der Waals surface area contributed by atoms with Crippen LogP contribution in [0.2, 0.25) is 5.15 Å². The molecule has 1 fully saturated rings. The summed E-state index contributed by atoms with van der Waals surface area (Å²) in [5.41, 5.74) is 2.57. The Kier molecular flexibility index (Phi) is 4.49. The fraction of sp³-hybridized carbons (Fsp3) is 0.429. The van der Waals surface area contributed by atoms with Crippen LogP contribution < -0.4 is 0 Å². The van der Waals surface area contributed by atoms with Crippen molar-refractivity contribution in [3.63, 3.8) is 0 Å². The van der Waals surface area contributed by atoms with E-state index in [9.17, 15) is 0 Å². The molecule has 3 aromatic rings. The number of rotatable bonds is 2. The molecule has 1 aromatic carbocycles. The van der Waals surface area contributed by atoms with Crippen LogP contribution >= 0.6 is 11.6 Å². The standard InChI is InChI=1S/C21H25ClN4/c1-21(2,3)25-8-6-19(7-9-25)26-14-18(13-24-26)15-4-5-16-12-23-20(22)11-17(16)10-15/h4-5,10-14,19H,6-9H2,1-3H3. The highest BCUT2D eigenvalue weighted by molar-refractivity contribution is 6.30. The van der Waals surface area contributed by atoms with E-state index in [1.165, 1.54) is 0 Å². The number of likely N-dealkylation sites (tertiary alicyclic amines) is 1. The van der Waals surface area contributed by atoms with E-state index in [0.717, 1.165) is 47.8 Å². The van der Waals surface area contributed by atoms with Crippen molar-refractivity contribution < 1.29 is 0 Å². The van der Waals surface area contributed by atoms with Crippen molar-refractivity contribution in [2.75, 3.05) is 13.1 Å². The summed E-state index contributed by atoms with van der Waals surface area (Å²) < 4.78 is 2.15. The van der Waals surface area contributed by atoms with Crippen LogP contribution in [-0.2, 0) is 0 Å². The number of aromatic nitrogens is 3. The molecule has 0 bridgehead atoms. The van der Waals surface area contributed by atoms with Crippen molar-refractivity contribution in [2.24, 2.45) is 0 Å². The Morgan fingerprint density at radius 3 is 2.50 bits per heavy atom. The summed E-state index contributed by atoms with van der Waals surface area (Å²) in [6, 6.07) is 8.77. The van der Waals surface area contributed by atoms with Gasteiger partial charge in [-0.3, -0.25) is 9.58 Å². The minimum Gasteiger partial charge on any atom is -0.298 e. The van der Waals surface area contributed by atoms with Crippen molar-refractivity contribution in [3.8, 4) is 11.1 Å². The van der Waals surface area contributed by atoms with Crippen LogP contribution in [0, 0.1) is 0 Å². The minimum atomic E-state index is 0.251. The first-order valence-electron chi connectivity index (χ1n) is 9.25. The molecule has 4 nitrogen and oxygen atoms in total. The second-order valence-electron chi connectivity index (χ2n) is 8.17. The summed E-state index contributed by atoms with van der Waals surface area (Å²) in [7, 11) is 0. The predicted molar refractivity (Wildman–Crippen MR) is 108 cm³/mol. The van der Waals surface area contributed by atoms with Crippen molar-refractivity contribution in [2.45, 2.75) is 45.2 Å². The lowest BCUT2D eigenvalue weighted by Crippen LogP contribution is -2.46. The van der Waals surface area contributed by atoms with Gasteiger partial charge in [-0.25, -0.2) is 4.98 Å². The van der Waals surface area contributed by atoms with Crippen LogP contribution in [0.3, 0.4) is 0 Å². The summed E-state index contributed by atoms with van der Waals surface area (Å²) in [4.78, 5) is 6.71. The van der Waals surface area contributed by atoms with E-state index < -0.39 is 0 Å². The molecule has 0 atom stereocenters. The Labute approximate surface area is 159 Å². The Bertz CT molecular complexity index is 917. The third-order valence-corrected chi connectivity index (χ3v) is 5.62. The number of fused-ring (bicyclic) bond motifs is 1. The van der Waals surface area contributed by atoms with Gasteiger partial charge in [0.05, 0.1) is 12.2 Å². The Morgan fingerprint density at radius 1 is 1.00 bits per heavy atom. The van der Waals surface area contributed by atoms with E-state index in [1.54, 1.807) is 0 Å².